The van der Waals surface area contributed by atoms with Gasteiger partial charge >= 0.3 is 0 Å². The van der Waals surface area contributed by atoms with Gasteiger partial charge in [-0.15, -0.1) is 0 Å². The van der Waals surface area contributed by atoms with Gasteiger partial charge in [0.1, 0.15) is 12.2 Å². The van der Waals surface area contributed by atoms with Crippen LogP contribution >= 0.6 is 0 Å². The van der Waals surface area contributed by atoms with Crippen LogP contribution in [0.2, 0.25) is 0 Å². The molecule has 1 amide bonds. The molecule has 4 rings (SSSR count). The molecule has 0 bridgehead atoms. The molecular formula is C22H16N2O5. The Labute approximate surface area is 165 Å². The molecule has 29 heavy (non-hydrogen) atoms. The van der Waals surface area contributed by atoms with Gasteiger partial charge in [-0.3, -0.25) is 19.8 Å². The van der Waals surface area contributed by atoms with Crippen LogP contribution in [-0.2, 0) is 6.61 Å². The molecule has 0 aliphatic rings. The summed E-state index contributed by atoms with van der Waals surface area (Å²) in [6.45, 7) is 0.0994. The molecule has 4 aromatic rings. The van der Waals surface area contributed by atoms with Gasteiger partial charge in [0.25, 0.3) is 5.91 Å². The Balaban J connectivity index is 1.71. The van der Waals surface area contributed by atoms with E-state index in [4.69, 9.17) is 14.4 Å². The molecule has 2 aromatic heterocycles. The van der Waals surface area contributed by atoms with Gasteiger partial charge < -0.3 is 9.15 Å². The van der Waals surface area contributed by atoms with Gasteiger partial charge in [0.15, 0.2) is 5.76 Å². The summed E-state index contributed by atoms with van der Waals surface area (Å²) in [5, 5.41) is 9.12. The SMILES string of the molecule is O=C(NO)c1ccc(COc2c(-c3ccncc3)oc3ccccc3c2=O)cc1. The summed E-state index contributed by atoms with van der Waals surface area (Å²) >= 11 is 0. The molecule has 0 saturated carbocycles. The van der Waals surface area contributed by atoms with Crippen molar-refractivity contribution in [2.75, 3.05) is 0 Å². The molecule has 0 fully saturated rings. The van der Waals surface area contributed by atoms with Gasteiger partial charge in [0, 0.05) is 23.5 Å². The summed E-state index contributed by atoms with van der Waals surface area (Å²) in [6, 6.07) is 16.9. The molecule has 2 aromatic carbocycles. The van der Waals surface area contributed by atoms with Gasteiger partial charge in [-0.2, -0.15) is 0 Å². The molecule has 0 unspecified atom stereocenters. The van der Waals surface area contributed by atoms with Crippen LogP contribution in [0.5, 0.6) is 5.75 Å². The number of benzene rings is 2. The van der Waals surface area contributed by atoms with Crippen LogP contribution in [0.3, 0.4) is 0 Å². The lowest BCUT2D eigenvalue weighted by atomic mass is 10.1. The third-order valence-electron chi connectivity index (χ3n) is 4.40. The fraction of sp³-hybridized carbons (Fsp3) is 0.0455. The highest BCUT2D eigenvalue weighted by atomic mass is 16.5. The predicted molar refractivity (Wildman–Crippen MR) is 106 cm³/mol. The molecule has 2 N–H and O–H groups in total. The minimum atomic E-state index is -0.604. The zero-order chi connectivity index (χ0) is 20.2. The maximum absolute atomic E-state index is 13.0. The van der Waals surface area contributed by atoms with Gasteiger partial charge in [-0.25, -0.2) is 5.48 Å². The standard InChI is InChI=1S/C22H16N2O5/c25-19-17-3-1-2-4-18(17)29-20(15-9-11-23-12-10-15)21(19)28-13-14-5-7-16(8-6-14)22(26)24-27/h1-12,27H,13H2,(H,24,26). The summed E-state index contributed by atoms with van der Waals surface area (Å²) in [5.41, 5.74) is 3.50. The van der Waals surface area contributed by atoms with E-state index in [1.54, 1.807) is 78.5 Å². The number of nitrogens with zero attached hydrogens (tertiary/aromatic N) is 1. The van der Waals surface area contributed by atoms with Crippen molar-refractivity contribution >= 4 is 16.9 Å². The topological polar surface area (TPSA) is 102 Å². The number of carbonyl (C=O) groups is 1. The van der Waals surface area contributed by atoms with E-state index in [2.05, 4.69) is 4.98 Å². The molecule has 0 aliphatic carbocycles. The Kier molecular flexibility index (Phi) is 5.05. The first-order valence-corrected chi connectivity index (χ1v) is 8.80. The number of pyridine rings is 1. The molecule has 7 nitrogen and oxygen atoms in total. The molecule has 0 saturated heterocycles. The Morgan fingerprint density at radius 2 is 1.76 bits per heavy atom. The molecule has 0 spiro atoms. The number of ether oxygens (including phenoxy) is 1. The number of para-hydroxylation sites is 1. The van der Waals surface area contributed by atoms with Gasteiger partial charge in [0.2, 0.25) is 11.2 Å². The number of hydrogen-bond acceptors (Lipinski definition) is 6. The molecule has 2 heterocycles. The zero-order valence-corrected chi connectivity index (χ0v) is 15.2. The maximum atomic E-state index is 13.0. The highest BCUT2D eigenvalue weighted by Gasteiger charge is 2.17. The van der Waals surface area contributed by atoms with Crippen molar-refractivity contribution < 1.29 is 19.2 Å². The Morgan fingerprint density at radius 1 is 1.03 bits per heavy atom. The van der Waals surface area contributed by atoms with Crippen molar-refractivity contribution in [2.45, 2.75) is 6.61 Å². The van der Waals surface area contributed by atoms with E-state index in [9.17, 15) is 9.59 Å². The van der Waals surface area contributed by atoms with Crippen LogP contribution in [0.1, 0.15) is 15.9 Å². The highest BCUT2D eigenvalue weighted by Crippen LogP contribution is 2.30. The Hall–Kier alpha value is -3.97. The second-order valence-electron chi connectivity index (χ2n) is 6.25. The van der Waals surface area contributed by atoms with Crippen molar-refractivity contribution in [3.63, 3.8) is 0 Å². The number of aromatic nitrogens is 1. The highest BCUT2D eigenvalue weighted by molar-refractivity contribution is 5.93. The lowest BCUT2D eigenvalue weighted by Crippen LogP contribution is -2.18. The minimum absolute atomic E-state index is 0.0994. The largest absolute Gasteiger partial charge is 0.481 e. The van der Waals surface area contributed by atoms with Crippen LogP contribution in [-0.4, -0.2) is 16.1 Å². The van der Waals surface area contributed by atoms with Gasteiger partial charge in [0.05, 0.1) is 5.39 Å². The van der Waals surface area contributed by atoms with Crippen molar-refractivity contribution in [1.29, 1.82) is 0 Å². The first kappa shape index (κ1) is 18.4. The van der Waals surface area contributed by atoms with Gasteiger partial charge in [-0.05, 0) is 42.0 Å². The number of hydroxylamine groups is 1. The summed E-state index contributed by atoms with van der Waals surface area (Å²) < 4.78 is 11.8. The van der Waals surface area contributed by atoms with Crippen LogP contribution in [0.15, 0.2) is 82.3 Å². The fourth-order valence-corrected chi connectivity index (χ4v) is 2.92. The first-order valence-electron chi connectivity index (χ1n) is 8.80. The smallest absolute Gasteiger partial charge is 0.274 e. The molecule has 7 heteroatoms. The molecule has 0 atom stereocenters. The summed E-state index contributed by atoms with van der Waals surface area (Å²) in [7, 11) is 0. The van der Waals surface area contributed by atoms with Crippen molar-refractivity contribution in [3.8, 4) is 17.1 Å². The lowest BCUT2D eigenvalue weighted by Gasteiger charge is -2.12. The zero-order valence-electron chi connectivity index (χ0n) is 15.2. The van der Waals surface area contributed by atoms with E-state index < -0.39 is 5.91 Å². The summed E-state index contributed by atoms with van der Waals surface area (Å²) in [6.07, 6.45) is 3.22. The number of nitrogens with one attached hydrogen (secondary N) is 1. The van der Waals surface area contributed by atoms with E-state index in [1.807, 2.05) is 0 Å². The first-order chi connectivity index (χ1) is 14.2. The van der Waals surface area contributed by atoms with Crippen molar-refractivity contribution in [3.05, 3.63) is 94.4 Å². The van der Waals surface area contributed by atoms with Crippen LogP contribution in [0.4, 0.5) is 0 Å². The molecule has 0 aliphatic heterocycles. The summed E-state index contributed by atoms with van der Waals surface area (Å²) in [4.78, 5) is 28.5. The number of amides is 1. The van der Waals surface area contributed by atoms with Crippen LogP contribution in [0, 0.1) is 0 Å². The van der Waals surface area contributed by atoms with E-state index in [0.717, 1.165) is 5.56 Å². The quantitative estimate of drug-likeness (QED) is 0.400. The van der Waals surface area contributed by atoms with E-state index in [-0.39, 0.29) is 17.8 Å². The number of hydrogen-bond donors (Lipinski definition) is 2. The Bertz CT molecular complexity index is 1220. The normalized spacial score (nSPS) is 10.7. The number of rotatable bonds is 5. The maximum Gasteiger partial charge on any atom is 0.274 e. The van der Waals surface area contributed by atoms with Crippen LogP contribution in [0.25, 0.3) is 22.3 Å². The molecule has 144 valence electrons. The third-order valence-corrected chi connectivity index (χ3v) is 4.40. The van der Waals surface area contributed by atoms with E-state index >= 15 is 0 Å². The summed E-state index contributed by atoms with van der Waals surface area (Å²) in [5.74, 6) is -0.174. The lowest BCUT2D eigenvalue weighted by molar-refractivity contribution is 0.0706. The minimum Gasteiger partial charge on any atom is -0.481 e. The Morgan fingerprint density at radius 3 is 2.48 bits per heavy atom. The van der Waals surface area contributed by atoms with Crippen molar-refractivity contribution in [1.82, 2.24) is 10.5 Å². The van der Waals surface area contributed by atoms with E-state index in [0.29, 0.717) is 27.9 Å². The molecule has 0 radical (unpaired) electrons. The second-order valence-corrected chi connectivity index (χ2v) is 6.25. The fourth-order valence-electron chi connectivity index (χ4n) is 2.92. The number of fused-ring (bicyclic) bond motifs is 1. The predicted octanol–water partition coefficient (Wildman–Crippen LogP) is 3.55. The monoisotopic (exact) mass is 388 g/mol. The van der Waals surface area contributed by atoms with Gasteiger partial charge in [-0.1, -0.05) is 24.3 Å². The average Bonchev–Trinajstić information content (AvgIpc) is 2.79. The second kappa shape index (κ2) is 7.95. The van der Waals surface area contributed by atoms with E-state index in [1.165, 1.54) is 0 Å². The third kappa shape index (κ3) is 3.71. The van der Waals surface area contributed by atoms with Crippen molar-refractivity contribution in [2.24, 2.45) is 0 Å². The van der Waals surface area contributed by atoms with Crippen LogP contribution < -0.4 is 15.6 Å². The molecular weight excluding hydrogens is 372 g/mol. The number of carbonyl (C=O) groups excluding carboxylic acids is 1. The average molecular weight is 388 g/mol.